The van der Waals surface area contributed by atoms with Crippen molar-refractivity contribution in [2.45, 2.75) is 38.0 Å². The van der Waals surface area contributed by atoms with Crippen molar-refractivity contribution >= 4 is 28.0 Å². The minimum absolute atomic E-state index is 0.0152. The van der Waals surface area contributed by atoms with Gasteiger partial charge >= 0.3 is 0 Å². The van der Waals surface area contributed by atoms with Crippen LogP contribution in [0, 0.1) is 5.92 Å². The van der Waals surface area contributed by atoms with Crippen molar-refractivity contribution < 1.29 is 23.4 Å². The first kappa shape index (κ1) is 26.6. The Bertz CT molecular complexity index is 1780. The van der Waals surface area contributed by atoms with E-state index in [2.05, 4.69) is 15.6 Å². The highest BCUT2D eigenvalue weighted by atomic mass is 19.1. The topological polar surface area (TPSA) is 137 Å². The van der Waals surface area contributed by atoms with Crippen LogP contribution in [0.15, 0.2) is 47.3 Å². The van der Waals surface area contributed by atoms with Crippen LogP contribution in [0.3, 0.4) is 0 Å². The van der Waals surface area contributed by atoms with Crippen LogP contribution >= 0.6 is 0 Å². The van der Waals surface area contributed by atoms with E-state index in [0.717, 1.165) is 41.8 Å². The second-order valence-corrected chi connectivity index (χ2v) is 11.2. The fraction of sp³-hybridized carbons (Fsp3) is 0.400. The van der Waals surface area contributed by atoms with Crippen LogP contribution in [0.1, 0.15) is 40.8 Å². The number of ether oxygens (including phenoxy) is 1. The van der Waals surface area contributed by atoms with E-state index in [1.165, 1.54) is 12.6 Å². The lowest BCUT2D eigenvalue weighted by Gasteiger charge is -2.29. The Balaban J connectivity index is 1.28. The van der Waals surface area contributed by atoms with Gasteiger partial charge in [-0.25, -0.2) is 19.3 Å². The van der Waals surface area contributed by atoms with Crippen LogP contribution in [0.4, 0.5) is 4.39 Å². The molecule has 0 bridgehead atoms. The molecule has 3 N–H and O–H groups in total. The van der Waals surface area contributed by atoms with Crippen LogP contribution in [0.25, 0.3) is 33.6 Å². The zero-order chi connectivity index (χ0) is 29.0. The monoisotopic (exact) mass is 573 g/mol. The molecule has 11 nitrogen and oxygen atoms in total. The molecule has 1 fully saturated rings. The number of nitrogens with two attached hydrogens (primary N) is 1. The fourth-order valence-electron chi connectivity index (χ4n) is 5.75. The third-order valence-electron chi connectivity index (χ3n) is 8.14. The molecule has 1 aliphatic carbocycles. The molecule has 0 radical (unpaired) electrons. The van der Waals surface area contributed by atoms with Gasteiger partial charge in [-0.3, -0.25) is 4.79 Å². The summed E-state index contributed by atoms with van der Waals surface area (Å²) in [5.41, 5.74) is 10.2. The van der Waals surface area contributed by atoms with Gasteiger partial charge in [0, 0.05) is 38.5 Å². The van der Waals surface area contributed by atoms with Crippen LogP contribution in [-0.2, 0) is 20.0 Å². The van der Waals surface area contributed by atoms with Gasteiger partial charge in [0.25, 0.3) is 5.91 Å². The number of hydrogen-bond acceptors (Lipinski definition) is 8. The summed E-state index contributed by atoms with van der Waals surface area (Å²) >= 11 is 0. The first-order valence-electron chi connectivity index (χ1n) is 14.2. The predicted octanol–water partition coefficient (Wildman–Crippen LogP) is 3.40. The normalized spacial score (nSPS) is 16.8. The maximum atomic E-state index is 13.2. The number of benzene rings is 1. The van der Waals surface area contributed by atoms with E-state index >= 15 is 0 Å². The molecule has 5 aromatic rings. The Morgan fingerprint density at radius 1 is 1.26 bits per heavy atom. The van der Waals surface area contributed by atoms with E-state index < -0.39 is 18.8 Å². The largest absolute Gasteiger partial charge is 0.488 e. The molecule has 1 aliphatic heterocycles. The molecule has 0 unspecified atom stereocenters. The maximum absolute atomic E-state index is 13.2. The van der Waals surface area contributed by atoms with E-state index in [1.54, 1.807) is 11.0 Å². The minimum Gasteiger partial charge on any atom is -0.488 e. The molecule has 218 valence electrons. The van der Waals surface area contributed by atoms with Crippen molar-refractivity contribution in [1.29, 1.82) is 0 Å². The number of rotatable bonds is 10. The number of pyridine rings is 1. The summed E-state index contributed by atoms with van der Waals surface area (Å²) in [5, 5.41) is 11.5. The number of halogens is 1. The highest BCUT2D eigenvalue weighted by molar-refractivity contribution is 5.99. The Kier molecular flexibility index (Phi) is 6.66. The van der Waals surface area contributed by atoms with Gasteiger partial charge in [-0.1, -0.05) is 12.1 Å². The molecule has 2 atom stereocenters. The Morgan fingerprint density at radius 2 is 2.12 bits per heavy atom. The number of hydrogen-bond donors (Lipinski definition) is 2. The van der Waals surface area contributed by atoms with Crippen LogP contribution in [-0.4, -0.2) is 72.4 Å². The molecule has 7 rings (SSSR count). The van der Waals surface area contributed by atoms with Crippen molar-refractivity contribution in [3.05, 3.63) is 59.9 Å². The number of alkyl halides is 1. The Hall–Kier alpha value is -4.29. The number of para-hydroxylation sites is 1. The van der Waals surface area contributed by atoms with E-state index in [4.69, 9.17) is 24.9 Å². The number of carbonyl (C=O) groups is 1. The highest BCUT2D eigenvalue weighted by Gasteiger charge is 2.30. The molecule has 0 spiro atoms. The number of amides is 1. The third kappa shape index (κ3) is 4.70. The molecule has 1 saturated carbocycles. The molecule has 5 heterocycles. The summed E-state index contributed by atoms with van der Waals surface area (Å²) in [6.45, 7) is 0.759. The lowest BCUT2D eigenvalue weighted by atomic mass is 10.0. The van der Waals surface area contributed by atoms with E-state index in [-0.39, 0.29) is 19.1 Å². The quantitative estimate of drug-likeness (QED) is 0.259. The SMILES string of the molecule is Cn1c(-c2cc3cccc(OC[C@H](O)c4cnco4)c3n2CC2CC2)nc2cc3c(nc21)CCN(C[C@H](N)CF)C3=O. The molecule has 0 saturated heterocycles. The zero-order valence-corrected chi connectivity index (χ0v) is 23.2. The van der Waals surface area contributed by atoms with Crippen molar-refractivity contribution in [2.75, 3.05) is 26.4 Å². The van der Waals surface area contributed by atoms with E-state index in [0.29, 0.717) is 52.8 Å². The zero-order valence-electron chi connectivity index (χ0n) is 23.2. The number of aliphatic hydroxyl groups is 1. The lowest BCUT2D eigenvalue weighted by molar-refractivity contribution is 0.0723. The second-order valence-electron chi connectivity index (χ2n) is 11.2. The van der Waals surface area contributed by atoms with E-state index in [1.807, 2.05) is 29.8 Å². The molecule has 42 heavy (non-hydrogen) atoms. The smallest absolute Gasteiger partial charge is 0.255 e. The number of fused-ring (bicyclic) bond motifs is 3. The number of imidazole rings is 1. The first-order valence-corrected chi connectivity index (χ1v) is 14.2. The Morgan fingerprint density at radius 3 is 2.88 bits per heavy atom. The second kappa shape index (κ2) is 10.5. The van der Waals surface area contributed by atoms with Gasteiger partial charge in [0.1, 0.15) is 30.7 Å². The molecule has 1 aromatic carbocycles. The lowest BCUT2D eigenvalue weighted by Crippen LogP contribution is -2.45. The molecule has 1 amide bonds. The molecule has 2 aliphatic rings. The van der Waals surface area contributed by atoms with Crippen molar-refractivity contribution in [3.8, 4) is 17.3 Å². The first-order chi connectivity index (χ1) is 20.4. The third-order valence-corrected chi connectivity index (χ3v) is 8.14. The van der Waals surface area contributed by atoms with Gasteiger partial charge in [-0.05, 0) is 37.0 Å². The average Bonchev–Trinajstić information content (AvgIpc) is 3.36. The number of aromatic nitrogens is 5. The number of aryl methyl sites for hydroxylation is 1. The number of oxazole rings is 1. The Labute approximate surface area is 240 Å². The summed E-state index contributed by atoms with van der Waals surface area (Å²) in [7, 11) is 1.94. The summed E-state index contributed by atoms with van der Waals surface area (Å²) < 4.78 is 28.6. The average molecular weight is 574 g/mol. The van der Waals surface area contributed by atoms with Gasteiger partial charge in [-0.15, -0.1) is 0 Å². The maximum Gasteiger partial charge on any atom is 0.255 e. The molecular formula is C30H32FN7O4. The predicted molar refractivity (Wildman–Crippen MR) is 153 cm³/mol. The van der Waals surface area contributed by atoms with Gasteiger partial charge < -0.3 is 34.0 Å². The van der Waals surface area contributed by atoms with Gasteiger partial charge in [-0.2, -0.15) is 0 Å². The minimum atomic E-state index is -0.947. The molecule has 12 heteroatoms. The van der Waals surface area contributed by atoms with Crippen molar-refractivity contribution in [3.63, 3.8) is 0 Å². The number of carbonyl (C=O) groups excluding carboxylic acids is 1. The van der Waals surface area contributed by atoms with Crippen LogP contribution < -0.4 is 10.5 Å². The molecule has 4 aromatic heterocycles. The summed E-state index contributed by atoms with van der Waals surface area (Å²) in [6.07, 6.45) is 4.70. The number of nitrogens with zero attached hydrogens (tertiary/aromatic N) is 6. The van der Waals surface area contributed by atoms with Crippen molar-refractivity contribution in [2.24, 2.45) is 18.7 Å². The van der Waals surface area contributed by atoms with Crippen LogP contribution in [0.2, 0.25) is 0 Å². The summed E-state index contributed by atoms with van der Waals surface area (Å²) in [6, 6.07) is 9.06. The van der Waals surface area contributed by atoms with Gasteiger partial charge in [0.2, 0.25) is 0 Å². The van der Waals surface area contributed by atoms with Gasteiger partial charge in [0.05, 0.1) is 34.7 Å². The summed E-state index contributed by atoms with van der Waals surface area (Å²) in [4.78, 5) is 28.5. The summed E-state index contributed by atoms with van der Waals surface area (Å²) in [5.74, 6) is 2.10. The standard InChI is InChI=1S/C30H32FN7O4/c1-36-28-22(10-20-21(34-28)7-8-37(30(20)40)14-19(32)11-31)35-29(36)23-9-18-3-2-4-25(27(18)38(23)13-17-5-6-17)41-15-24(39)26-12-33-16-42-26/h2-4,9-10,12,16-17,19,24,39H,5-8,11,13-15,32H2,1H3/t19-,24+/m1/s1. The fourth-order valence-corrected chi connectivity index (χ4v) is 5.75. The number of aliphatic hydroxyl groups excluding tert-OH is 1. The highest BCUT2D eigenvalue weighted by Crippen LogP contribution is 2.39. The van der Waals surface area contributed by atoms with Crippen molar-refractivity contribution in [1.82, 2.24) is 29.0 Å². The van der Waals surface area contributed by atoms with Gasteiger partial charge in [0.15, 0.2) is 23.6 Å². The van der Waals surface area contributed by atoms with E-state index in [9.17, 15) is 14.3 Å². The van der Waals surface area contributed by atoms with Crippen LogP contribution in [0.5, 0.6) is 5.75 Å². The molecular weight excluding hydrogens is 541 g/mol.